The zero-order valence-electron chi connectivity index (χ0n) is 7.58. The normalized spacial score (nSPS) is 16.7. The lowest BCUT2D eigenvalue weighted by Gasteiger charge is -2.25. The van der Waals surface area contributed by atoms with Crippen LogP contribution in [0.2, 0.25) is 0 Å². The average Bonchev–Trinajstić information content (AvgIpc) is 2.01. The van der Waals surface area contributed by atoms with Gasteiger partial charge in [-0.15, -0.1) is 0 Å². The Morgan fingerprint density at radius 2 is 2.31 bits per heavy atom. The molecule has 13 heavy (non-hydrogen) atoms. The van der Waals surface area contributed by atoms with Crippen molar-refractivity contribution in [2.45, 2.75) is 0 Å². The number of aliphatic hydroxyl groups excluding tert-OH is 1. The van der Waals surface area contributed by atoms with E-state index in [-0.39, 0.29) is 18.4 Å². The van der Waals surface area contributed by atoms with Crippen LogP contribution in [0.5, 0.6) is 0 Å². The van der Waals surface area contributed by atoms with Crippen LogP contribution in [-0.4, -0.2) is 50.5 Å². The van der Waals surface area contributed by atoms with Crippen molar-refractivity contribution in [3.63, 3.8) is 0 Å². The minimum absolute atomic E-state index is 0.0283. The van der Waals surface area contributed by atoms with Crippen molar-refractivity contribution in [1.29, 1.82) is 0 Å². The summed E-state index contributed by atoms with van der Waals surface area (Å²) in [5, 5.41) is 14.2. The highest BCUT2D eigenvalue weighted by Crippen LogP contribution is 2.01. The van der Waals surface area contributed by atoms with E-state index in [9.17, 15) is 4.79 Å². The van der Waals surface area contributed by atoms with Gasteiger partial charge in [0.25, 0.3) is 0 Å². The molecule has 1 aliphatic heterocycles. The van der Waals surface area contributed by atoms with Crippen molar-refractivity contribution in [3.05, 3.63) is 0 Å². The molecule has 0 spiro atoms. The Kier molecular flexibility index (Phi) is 4.74. The van der Waals surface area contributed by atoms with Gasteiger partial charge in [0.1, 0.15) is 0 Å². The van der Waals surface area contributed by atoms with Crippen molar-refractivity contribution in [2.75, 3.05) is 39.5 Å². The summed E-state index contributed by atoms with van der Waals surface area (Å²) < 4.78 is 4.98. The standard InChI is InChI=1S/C8H16N2O3/c11-2-4-13-3-1-10-8(12)7-5-9-6-7/h7,9,11H,1-6H2,(H,10,12). The lowest BCUT2D eigenvalue weighted by Crippen LogP contribution is -2.51. The van der Waals surface area contributed by atoms with Gasteiger partial charge in [0.2, 0.25) is 5.91 Å². The number of hydrogen-bond donors (Lipinski definition) is 3. The second-order valence-corrected chi connectivity index (χ2v) is 2.98. The Hall–Kier alpha value is -0.650. The Morgan fingerprint density at radius 1 is 1.54 bits per heavy atom. The van der Waals surface area contributed by atoms with Crippen molar-refractivity contribution in [1.82, 2.24) is 10.6 Å². The molecule has 1 amide bonds. The molecule has 0 radical (unpaired) electrons. The fourth-order valence-corrected chi connectivity index (χ4v) is 1.03. The molecule has 0 aromatic carbocycles. The molecule has 1 aliphatic rings. The summed E-state index contributed by atoms with van der Waals surface area (Å²) in [6.45, 7) is 2.91. The van der Waals surface area contributed by atoms with E-state index >= 15 is 0 Å². The number of carbonyl (C=O) groups is 1. The molecule has 5 nitrogen and oxygen atoms in total. The summed E-state index contributed by atoms with van der Waals surface area (Å²) in [7, 11) is 0. The van der Waals surface area contributed by atoms with Gasteiger partial charge in [-0.1, -0.05) is 0 Å². The van der Waals surface area contributed by atoms with Crippen molar-refractivity contribution < 1.29 is 14.6 Å². The maximum Gasteiger partial charge on any atom is 0.225 e. The lowest BCUT2D eigenvalue weighted by atomic mass is 10.0. The van der Waals surface area contributed by atoms with Crippen LogP contribution in [-0.2, 0) is 9.53 Å². The number of carbonyl (C=O) groups excluding carboxylic acids is 1. The predicted octanol–water partition coefficient (Wildman–Crippen LogP) is -1.67. The molecule has 0 bridgehead atoms. The summed E-state index contributed by atoms with van der Waals surface area (Å²) in [5.41, 5.74) is 0. The molecular weight excluding hydrogens is 172 g/mol. The first kappa shape index (κ1) is 10.4. The summed E-state index contributed by atoms with van der Waals surface area (Å²) in [6.07, 6.45) is 0. The van der Waals surface area contributed by atoms with Crippen molar-refractivity contribution >= 4 is 5.91 Å². The largest absolute Gasteiger partial charge is 0.394 e. The van der Waals surface area contributed by atoms with Gasteiger partial charge in [-0.25, -0.2) is 0 Å². The van der Waals surface area contributed by atoms with E-state index in [1.54, 1.807) is 0 Å². The van der Waals surface area contributed by atoms with Crippen LogP contribution >= 0.6 is 0 Å². The Bertz CT molecular complexity index is 159. The molecule has 0 aliphatic carbocycles. The number of ether oxygens (including phenoxy) is 1. The number of hydrogen-bond acceptors (Lipinski definition) is 4. The molecule has 1 heterocycles. The fraction of sp³-hybridized carbons (Fsp3) is 0.875. The highest BCUT2D eigenvalue weighted by Gasteiger charge is 2.23. The zero-order chi connectivity index (χ0) is 9.52. The van der Waals surface area contributed by atoms with Crippen molar-refractivity contribution in [3.8, 4) is 0 Å². The molecule has 0 aromatic heterocycles. The van der Waals surface area contributed by atoms with Crippen LogP contribution in [0.15, 0.2) is 0 Å². The molecule has 1 saturated heterocycles. The predicted molar refractivity (Wildman–Crippen MR) is 47.3 cm³/mol. The summed E-state index contributed by atoms with van der Waals surface area (Å²) in [5.74, 6) is 0.226. The molecule has 0 atom stereocenters. The van der Waals surface area contributed by atoms with Crippen LogP contribution < -0.4 is 10.6 Å². The molecule has 0 aromatic rings. The fourth-order valence-electron chi connectivity index (χ4n) is 1.03. The molecule has 1 fully saturated rings. The van der Waals surface area contributed by atoms with Gasteiger partial charge >= 0.3 is 0 Å². The van der Waals surface area contributed by atoms with Gasteiger partial charge in [-0.3, -0.25) is 4.79 Å². The third-order valence-corrected chi connectivity index (χ3v) is 1.93. The monoisotopic (exact) mass is 188 g/mol. The quantitative estimate of drug-likeness (QED) is 0.436. The smallest absolute Gasteiger partial charge is 0.225 e. The summed E-state index contributed by atoms with van der Waals surface area (Å²) >= 11 is 0. The van der Waals surface area contributed by atoms with Crippen molar-refractivity contribution in [2.24, 2.45) is 5.92 Å². The minimum atomic E-state index is 0.0283. The first-order valence-electron chi connectivity index (χ1n) is 4.51. The molecule has 76 valence electrons. The third-order valence-electron chi connectivity index (χ3n) is 1.93. The van der Waals surface area contributed by atoms with E-state index in [1.165, 1.54) is 0 Å². The molecule has 0 unspecified atom stereocenters. The molecule has 3 N–H and O–H groups in total. The zero-order valence-corrected chi connectivity index (χ0v) is 7.58. The SMILES string of the molecule is O=C(NCCOCCO)C1CNC1. The van der Waals surface area contributed by atoms with Gasteiger partial charge in [0.15, 0.2) is 0 Å². The highest BCUT2D eigenvalue weighted by molar-refractivity contribution is 5.79. The van der Waals surface area contributed by atoms with Crippen LogP contribution in [0, 0.1) is 5.92 Å². The first-order chi connectivity index (χ1) is 6.34. The molecular formula is C8H16N2O3. The molecule has 1 rings (SSSR count). The number of aliphatic hydroxyl groups is 1. The van der Waals surface area contributed by atoms with Crippen LogP contribution in [0.3, 0.4) is 0 Å². The minimum Gasteiger partial charge on any atom is -0.394 e. The maximum atomic E-state index is 11.2. The van der Waals surface area contributed by atoms with E-state index in [4.69, 9.17) is 9.84 Å². The van der Waals surface area contributed by atoms with E-state index < -0.39 is 0 Å². The Labute approximate surface area is 77.5 Å². The molecule has 5 heteroatoms. The van der Waals surface area contributed by atoms with Gasteiger partial charge in [-0.2, -0.15) is 0 Å². The van der Waals surface area contributed by atoms with E-state index in [2.05, 4.69) is 10.6 Å². The second-order valence-electron chi connectivity index (χ2n) is 2.98. The van der Waals surface area contributed by atoms with E-state index in [0.717, 1.165) is 13.1 Å². The summed E-state index contributed by atoms with van der Waals surface area (Å²) in [6, 6.07) is 0. The highest BCUT2D eigenvalue weighted by atomic mass is 16.5. The first-order valence-corrected chi connectivity index (χ1v) is 4.51. The van der Waals surface area contributed by atoms with Gasteiger partial charge in [0, 0.05) is 19.6 Å². The van der Waals surface area contributed by atoms with E-state index in [1.807, 2.05) is 0 Å². The second kappa shape index (κ2) is 5.90. The lowest BCUT2D eigenvalue weighted by molar-refractivity contribution is -0.126. The molecule has 0 saturated carbocycles. The Balaban J connectivity index is 1.89. The number of rotatable bonds is 6. The average molecular weight is 188 g/mol. The number of nitrogens with one attached hydrogen (secondary N) is 2. The topological polar surface area (TPSA) is 70.6 Å². The third kappa shape index (κ3) is 3.71. The van der Waals surface area contributed by atoms with E-state index in [0.29, 0.717) is 19.8 Å². The van der Waals surface area contributed by atoms with Crippen LogP contribution in [0.1, 0.15) is 0 Å². The van der Waals surface area contributed by atoms with Gasteiger partial charge in [0.05, 0.1) is 25.7 Å². The number of amides is 1. The summed E-state index contributed by atoms with van der Waals surface area (Å²) in [4.78, 5) is 11.2. The van der Waals surface area contributed by atoms with Crippen LogP contribution in [0.25, 0.3) is 0 Å². The Morgan fingerprint density at radius 3 is 2.85 bits per heavy atom. The van der Waals surface area contributed by atoms with Gasteiger partial charge in [-0.05, 0) is 0 Å². The van der Waals surface area contributed by atoms with Crippen LogP contribution in [0.4, 0.5) is 0 Å². The maximum absolute atomic E-state index is 11.2. The van der Waals surface area contributed by atoms with Gasteiger partial charge < -0.3 is 20.5 Å².